The van der Waals surface area contributed by atoms with Gasteiger partial charge in [-0.05, 0) is 32.0 Å². The van der Waals surface area contributed by atoms with Gasteiger partial charge >= 0.3 is 0 Å². The smallest absolute Gasteiger partial charge is 0.265 e. The Morgan fingerprint density at radius 2 is 2.24 bits per heavy atom. The number of carbonyl (C=O) groups excluding carboxylic acids is 1. The van der Waals surface area contributed by atoms with Crippen molar-refractivity contribution in [2.24, 2.45) is 0 Å². The minimum absolute atomic E-state index is 0.0905. The van der Waals surface area contributed by atoms with Gasteiger partial charge in [-0.25, -0.2) is 4.98 Å². The summed E-state index contributed by atoms with van der Waals surface area (Å²) in [5.74, 6) is 0.0905. The van der Waals surface area contributed by atoms with Gasteiger partial charge in [0.1, 0.15) is 9.88 Å². The number of piperidine rings is 1. The summed E-state index contributed by atoms with van der Waals surface area (Å²) in [6, 6.07) is 4.21. The summed E-state index contributed by atoms with van der Waals surface area (Å²) in [6.07, 6.45) is 7.34. The molecule has 5 nitrogen and oxygen atoms in total. The number of nitrogens with zero attached hydrogens (tertiary/aromatic N) is 3. The molecule has 1 aliphatic heterocycles. The highest BCUT2D eigenvalue weighted by Gasteiger charge is 2.24. The lowest BCUT2D eigenvalue weighted by Gasteiger charge is -2.32. The van der Waals surface area contributed by atoms with Gasteiger partial charge in [-0.15, -0.1) is 11.3 Å². The molecular formula is C15H18N4OS. The van der Waals surface area contributed by atoms with Crippen LogP contribution in [0.3, 0.4) is 0 Å². The maximum absolute atomic E-state index is 12.6. The zero-order chi connectivity index (χ0) is 14.7. The standard InChI is InChI=1S/C15H18N4OS/c1-16-12-3-2-8-19(10-12)15(20)13-9-18-14(21-13)11-4-6-17-7-5-11/h4-7,9,12,16H,2-3,8,10H2,1H3/t12-/m1/s1. The topological polar surface area (TPSA) is 58.1 Å². The molecular weight excluding hydrogens is 284 g/mol. The second-order valence-corrected chi connectivity index (χ2v) is 6.18. The molecule has 0 bridgehead atoms. The lowest BCUT2D eigenvalue weighted by atomic mass is 10.1. The second kappa shape index (κ2) is 6.32. The number of aromatic nitrogens is 2. The Balaban J connectivity index is 1.75. The van der Waals surface area contributed by atoms with E-state index in [9.17, 15) is 4.79 Å². The number of thiazole rings is 1. The monoisotopic (exact) mass is 302 g/mol. The van der Waals surface area contributed by atoms with E-state index in [0.29, 0.717) is 10.9 Å². The van der Waals surface area contributed by atoms with E-state index in [-0.39, 0.29) is 5.91 Å². The maximum atomic E-state index is 12.6. The summed E-state index contributed by atoms with van der Waals surface area (Å²) in [4.78, 5) is 23.6. The Labute approximate surface area is 128 Å². The van der Waals surface area contributed by atoms with Gasteiger partial charge < -0.3 is 10.2 Å². The normalized spacial score (nSPS) is 18.7. The van der Waals surface area contributed by atoms with Crippen molar-refractivity contribution in [3.63, 3.8) is 0 Å². The first-order valence-corrected chi connectivity index (χ1v) is 7.92. The summed E-state index contributed by atoms with van der Waals surface area (Å²) < 4.78 is 0. The molecule has 0 spiro atoms. The zero-order valence-electron chi connectivity index (χ0n) is 12.0. The number of hydrogen-bond donors (Lipinski definition) is 1. The van der Waals surface area contributed by atoms with Crippen LogP contribution in [0, 0.1) is 0 Å². The van der Waals surface area contributed by atoms with Crippen molar-refractivity contribution in [2.45, 2.75) is 18.9 Å². The van der Waals surface area contributed by atoms with E-state index >= 15 is 0 Å². The highest BCUT2D eigenvalue weighted by molar-refractivity contribution is 7.16. The molecule has 1 N–H and O–H groups in total. The molecule has 1 aliphatic rings. The molecule has 0 saturated carbocycles. The van der Waals surface area contributed by atoms with E-state index in [1.165, 1.54) is 11.3 Å². The third kappa shape index (κ3) is 3.11. The van der Waals surface area contributed by atoms with E-state index in [4.69, 9.17) is 0 Å². The SMILES string of the molecule is CN[C@@H]1CCCN(C(=O)c2cnc(-c3ccncc3)s2)C1. The average molecular weight is 302 g/mol. The Hall–Kier alpha value is -1.79. The first kappa shape index (κ1) is 14.2. The maximum Gasteiger partial charge on any atom is 0.265 e. The Bertz CT molecular complexity index is 613. The van der Waals surface area contributed by atoms with Crippen LogP contribution in [0.2, 0.25) is 0 Å². The molecule has 2 aromatic heterocycles. The van der Waals surface area contributed by atoms with Gasteiger partial charge in [-0.2, -0.15) is 0 Å². The number of amides is 1. The quantitative estimate of drug-likeness (QED) is 0.942. The Morgan fingerprint density at radius 3 is 3.00 bits per heavy atom. The van der Waals surface area contributed by atoms with E-state index in [0.717, 1.165) is 36.5 Å². The van der Waals surface area contributed by atoms with Crippen molar-refractivity contribution in [2.75, 3.05) is 20.1 Å². The fraction of sp³-hybridized carbons (Fsp3) is 0.400. The summed E-state index contributed by atoms with van der Waals surface area (Å²) in [6.45, 7) is 1.61. The molecule has 3 rings (SSSR count). The molecule has 1 saturated heterocycles. The number of nitrogens with one attached hydrogen (secondary N) is 1. The van der Waals surface area contributed by atoms with Gasteiger partial charge in [0.25, 0.3) is 5.91 Å². The number of carbonyl (C=O) groups is 1. The van der Waals surface area contributed by atoms with Crippen LogP contribution in [0.15, 0.2) is 30.7 Å². The van der Waals surface area contributed by atoms with E-state index in [2.05, 4.69) is 15.3 Å². The first-order chi connectivity index (χ1) is 10.3. The van der Waals surface area contributed by atoms with Gasteiger partial charge in [0.05, 0.1) is 6.20 Å². The molecule has 3 heterocycles. The van der Waals surface area contributed by atoms with Crippen LogP contribution in [-0.2, 0) is 0 Å². The van der Waals surface area contributed by atoms with Crippen molar-refractivity contribution >= 4 is 17.2 Å². The number of hydrogen-bond acceptors (Lipinski definition) is 5. The molecule has 21 heavy (non-hydrogen) atoms. The van der Waals surface area contributed by atoms with E-state index in [1.54, 1.807) is 18.6 Å². The summed E-state index contributed by atoms with van der Waals surface area (Å²) in [7, 11) is 1.95. The van der Waals surface area contributed by atoms with Crippen LogP contribution in [0.25, 0.3) is 10.6 Å². The van der Waals surface area contributed by atoms with Gasteiger partial charge in [0, 0.05) is 37.1 Å². The lowest BCUT2D eigenvalue weighted by molar-refractivity contribution is 0.0703. The van der Waals surface area contributed by atoms with E-state index < -0.39 is 0 Å². The van der Waals surface area contributed by atoms with Crippen LogP contribution < -0.4 is 5.32 Å². The highest BCUT2D eigenvalue weighted by Crippen LogP contribution is 2.26. The Kier molecular flexibility index (Phi) is 4.26. The van der Waals surface area contributed by atoms with Gasteiger partial charge in [-0.1, -0.05) is 0 Å². The number of rotatable bonds is 3. The molecule has 0 aromatic carbocycles. The third-order valence-corrected chi connectivity index (χ3v) is 4.80. The molecule has 110 valence electrons. The molecule has 1 atom stereocenters. The Morgan fingerprint density at radius 1 is 1.43 bits per heavy atom. The van der Waals surface area contributed by atoms with Crippen molar-refractivity contribution < 1.29 is 4.79 Å². The van der Waals surface area contributed by atoms with Crippen molar-refractivity contribution in [3.05, 3.63) is 35.6 Å². The molecule has 0 aliphatic carbocycles. The highest BCUT2D eigenvalue weighted by atomic mass is 32.1. The van der Waals surface area contributed by atoms with Crippen LogP contribution in [0.4, 0.5) is 0 Å². The zero-order valence-corrected chi connectivity index (χ0v) is 12.8. The minimum Gasteiger partial charge on any atom is -0.336 e. The molecule has 0 radical (unpaired) electrons. The van der Waals surface area contributed by atoms with Crippen LogP contribution in [0.1, 0.15) is 22.5 Å². The second-order valence-electron chi connectivity index (χ2n) is 5.14. The predicted molar refractivity (Wildman–Crippen MR) is 83.3 cm³/mol. The van der Waals surface area contributed by atoms with E-state index in [1.807, 2.05) is 24.1 Å². The number of pyridine rings is 1. The van der Waals surface area contributed by atoms with Crippen LogP contribution in [-0.4, -0.2) is 47.0 Å². The van der Waals surface area contributed by atoms with Gasteiger partial charge in [-0.3, -0.25) is 9.78 Å². The number of likely N-dealkylation sites (tertiary alicyclic amines) is 1. The minimum atomic E-state index is 0.0905. The largest absolute Gasteiger partial charge is 0.336 e. The molecule has 2 aromatic rings. The van der Waals surface area contributed by atoms with Crippen LogP contribution in [0.5, 0.6) is 0 Å². The van der Waals surface area contributed by atoms with Crippen molar-refractivity contribution in [1.29, 1.82) is 0 Å². The van der Waals surface area contributed by atoms with Gasteiger partial charge in [0.2, 0.25) is 0 Å². The molecule has 6 heteroatoms. The molecule has 0 unspecified atom stereocenters. The van der Waals surface area contributed by atoms with Gasteiger partial charge in [0.15, 0.2) is 0 Å². The summed E-state index contributed by atoms with van der Waals surface area (Å²) in [5.41, 5.74) is 1.00. The lowest BCUT2D eigenvalue weighted by Crippen LogP contribution is -2.46. The number of likely N-dealkylation sites (N-methyl/N-ethyl adjacent to an activating group) is 1. The third-order valence-electron chi connectivity index (χ3n) is 3.76. The van der Waals surface area contributed by atoms with Crippen LogP contribution >= 0.6 is 11.3 Å². The average Bonchev–Trinajstić information content (AvgIpc) is 3.05. The van der Waals surface area contributed by atoms with Crippen molar-refractivity contribution in [1.82, 2.24) is 20.2 Å². The fourth-order valence-electron chi connectivity index (χ4n) is 2.55. The fourth-order valence-corrected chi connectivity index (χ4v) is 3.44. The molecule has 1 amide bonds. The first-order valence-electron chi connectivity index (χ1n) is 7.10. The summed E-state index contributed by atoms with van der Waals surface area (Å²) >= 11 is 1.45. The summed E-state index contributed by atoms with van der Waals surface area (Å²) in [5, 5.41) is 4.12. The predicted octanol–water partition coefficient (Wildman–Crippen LogP) is 2.03. The van der Waals surface area contributed by atoms with Crippen molar-refractivity contribution in [3.8, 4) is 10.6 Å². The molecule has 1 fully saturated rings.